The van der Waals surface area contributed by atoms with Crippen LogP contribution in [0.4, 0.5) is 5.69 Å². The number of hydrogen-bond acceptors (Lipinski definition) is 4. The molecule has 0 radical (unpaired) electrons. The molecule has 1 atom stereocenters. The highest BCUT2D eigenvalue weighted by molar-refractivity contribution is 7.92. The number of hydrogen-bond donors (Lipinski definition) is 1. The third kappa shape index (κ3) is 6.57. The summed E-state index contributed by atoms with van der Waals surface area (Å²) in [4.78, 5) is 28.2. The van der Waals surface area contributed by atoms with Crippen LogP contribution in [0.1, 0.15) is 36.1 Å². The standard InChI is InChI=1S/C29H35N3O4S/c1-6-30-29(34)24(5)31(19-25-13-9-7-11-22(25)3)28(33)20-32(27-14-10-8-12-23(27)4)37(35,36)26-17-15-21(2)16-18-26/h7-18,24H,6,19-20H2,1-5H3,(H,30,34)/t24-/m1/s1. The first-order valence-electron chi connectivity index (χ1n) is 12.3. The zero-order chi connectivity index (χ0) is 27.2. The highest BCUT2D eigenvalue weighted by Crippen LogP contribution is 2.27. The number of nitrogens with zero attached hydrogens (tertiary/aromatic N) is 2. The summed E-state index contributed by atoms with van der Waals surface area (Å²) >= 11 is 0. The lowest BCUT2D eigenvalue weighted by atomic mass is 10.1. The minimum Gasteiger partial charge on any atom is -0.355 e. The number of amides is 2. The number of sulfonamides is 1. The van der Waals surface area contributed by atoms with Crippen LogP contribution in [0.5, 0.6) is 0 Å². The minimum absolute atomic E-state index is 0.0939. The SMILES string of the molecule is CCNC(=O)[C@@H](C)N(Cc1ccccc1C)C(=O)CN(c1ccccc1C)S(=O)(=O)c1ccc(C)cc1. The molecule has 0 unspecified atom stereocenters. The molecule has 3 aromatic rings. The average molecular weight is 522 g/mol. The van der Waals surface area contributed by atoms with Crippen molar-refractivity contribution < 1.29 is 18.0 Å². The molecule has 0 saturated heterocycles. The lowest BCUT2D eigenvalue weighted by Gasteiger charge is -2.32. The first-order chi connectivity index (χ1) is 17.6. The van der Waals surface area contributed by atoms with Crippen molar-refractivity contribution in [2.45, 2.75) is 52.1 Å². The molecule has 0 spiro atoms. The second-order valence-electron chi connectivity index (χ2n) is 9.13. The number of anilines is 1. The Morgan fingerprint density at radius 3 is 2.05 bits per heavy atom. The van der Waals surface area contributed by atoms with Crippen molar-refractivity contribution >= 4 is 27.5 Å². The number of likely N-dealkylation sites (N-methyl/N-ethyl adjacent to an activating group) is 1. The largest absolute Gasteiger partial charge is 0.355 e. The molecule has 196 valence electrons. The van der Waals surface area contributed by atoms with Crippen molar-refractivity contribution in [3.05, 3.63) is 95.1 Å². The Bertz CT molecular complexity index is 1350. The predicted molar refractivity (Wildman–Crippen MR) is 147 cm³/mol. The summed E-state index contributed by atoms with van der Waals surface area (Å²) in [5, 5.41) is 2.77. The molecule has 0 aliphatic rings. The molecule has 0 fully saturated rings. The van der Waals surface area contributed by atoms with Crippen molar-refractivity contribution in [3.8, 4) is 0 Å². The zero-order valence-electron chi connectivity index (χ0n) is 22.1. The van der Waals surface area contributed by atoms with E-state index in [-0.39, 0.29) is 17.3 Å². The Morgan fingerprint density at radius 1 is 0.865 bits per heavy atom. The Labute approximate surface area is 220 Å². The number of aryl methyl sites for hydroxylation is 3. The molecule has 3 rings (SSSR count). The fourth-order valence-corrected chi connectivity index (χ4v) is 5.55. The molecule has 0 aromatic heterocycles. The van der Waals surface area contributed by atoms with Gasteiger partial charge in [-0.3, -0.25) is 13.9 Å². The lowest BCUT2D eigenvalue weighted by molar-refractivity contribution is -0.139. The van der Waals surface area contributed by atoms with E-state index in [2.05, 4.69) is 5.32 Å². The van der Waals surface area contributed by atoms with Gasteiger partial charge in [0.25, 0.3) is 10.0 Å². The number of rotatable bonds is 10. The van der Waals surface area contributed by atoms with Crippen LogP contribution < -0.4 is 9.62 Å². The van der Waals surface area contributed by atoms with Gasteiger partial charge in [0, 0.05) is 13.1 Å². The molecule has 0 saturated carbocycles. The van der Waals surface area contributed by atoms with Crippen molar-refractivity contribution in [1.82, 2.24) is 10.2 Å². The fraction of sp³-hybridized carbons (Fsp3) is 0.310. The van der Waals surface area contributed by atoms with Gasteiger partial charge in [0.1, 0.15) is 12.6 Å². The van der Waals surface area contributed by atoms with Gasteiger partial charge in [-0.25, -0.2) is 8.42 Å². The lowest BCUT2D eigenvalue weighted by Crippen LogP contribution is -2.51. The van der Waals surface area contributed by atoms with Gasteiger partial charge in [0.05, 0.1) is 10.6 Å². The summed E-state index contributed by atoms with van der Waals surface area (Å²) in [5.74, 6) is -0.769. The number of para-hydroxylation sites is 1. The Balaban J connectivity index is 2.05. The monoisotopic (exact) mass is 521 g/mol. The number of benzene rings is 3. The maximum atomic E-state index is 13.9. The molecule has 3 aromatic carbocycles. The third-order valence-electron chi connectivity index (χ3n) is 6.39. The molecule has 0 aliphatic heterocycles. The van der Waals surface area contributed by atoms with Gasteiger partial charge in [-0.2, -0.15) is 0 Å². The van der Waals surface area contributed by atoms with Crippen LogP contribution in [-0.4, -0.2) is 44.3 Å². The van der Waals surface area contributed by atoms with E-state index >= 15 is 0 Å². The van der Waals surface area contributed by atoms with E-state index in [9.17, 15) is 18.0 Å². The maximum Gasteiger partial charge on any atom is 0.264 e. The summed E-state index contributed by atoms with van der Waals surface area (Å²) < 4.78 is 28.8. The van der Waals surface area contributed by atoms with Crippen LogP contribution in [-0.2, 0) is 26.2 Å². The van der Waals surface area contributed by atoms with Crippen LogP contribution in [0, 0.1) is 20.8 Å². The van der Waals surface area contributed by atoms with Crippen LogP contribution in [0.15, 0.2) is 77.7 Å². The van der Waals surface area contributed by atoms with Gasteiger partial charge in [-0.05, 0) is 69.5 Å². The van der Waals surface area contributed by atoms with E-state index in [1.165, 1.54) is 4.90 Å². The third-order valence-corrected chi connectivity index (χ3v) is 8.17. The summed E-state index contributed by atoms with van der Waals surface area (Å²) in [6.45, 7) is 9.25. The smallest absolute Gasteiger partial charge is 0.264 e. The van der Waals surface area contributed by atoms with Crippen LogP contribution in [0.3, 0.4) is 0 Å². The summed E-state index contributed by atoms with van der Waals surface area (Å²) in [6, 6.07) is 20.4. The van der Waals surface area contributed by atoms with E-state index in [0.29, 0.717) is 17.8 Å². The number of carbonyl (C=O) groups excluding carboxylic acids is 2. The van der Waals surface area contributed by atoms with Crippen LogP contribution >= 0.6 is 0 Å². The first kappa shape index (κ1) is 27.9. The molecule has 37 heavy (non-hydrogen) atoms. The molecule has 0 bridgehead atoms. The second kappa shape index (κ2) is 12.1. The molecule has 2 amide bonds. The minimum atomic E-state index is -4.07. The van der Waals surface area contributed by atoms with E-state index < -0.39 is 28.5 Å². The van der Waals surface area contributed by atoms with Gasteiger partial charge in [0.2, 0.25) is 11.8 Å². The van der Waals surface area contributed by atoms with E-state index in [0.717, 1.165) is 21.0 Å². The van der Waals surface area contributed by atoms with Gasteiger partial charge < -0.3 is 10.2 Å². The maximum absolute atomic E-state index is 13.9. The van der Waals surface area contributed by atoms with Crippen LogP contribution in [0.2, 0.25) is 0 Å². The average Bonchev–Trinajstić information content (AvgIpc) is 2.87. The van der Waals surface area contributed by atoms with Crippen LogP contribution in [0.25, 0.3) is 0 Å². The molecule has 1 N–H and O–H groups in total. The molecule has 0 aliphatic carbocycles. The van der Waals surface area contributed by atoms with Gasteiger partial charge in [-0.15, -0.1) is 0 Å². The summed E-state index contributed by atoms with van der Waals surface area (Å²) in [7, 11) is -4.07. The predicted octanol–water partition coefficient (Wildman–Crippen LogP) is 4.36. The second-order valence-corrected chi connectivity index (χ2v) is 11.0. The van der Waals surface area contributed by atoms with Gasteiger partial charge in [0.15, 0.2) is 0 Å². The van der Waals surface area contributed by atoms with Crippen molar-refractivity contribution in [3.63, 3.8) is 0 Å². The Hall–Kier alpha value is -3.65. The molecule has 7 nitrogen and oxygen atoms in total. The molecule has 8 heteroatoms. The molecular formula is C29H35N3O4S. The zero-order valence-corrected chi connectivity index (χ0v) is 22.9. The Morgan fingerprint density at radius 2 is 1.46 bits per heavy atom. The van der Waals surface area contributed by atoms with Crippen molar-refractivity contribution in [2.75, 3.05) is 17.4 Å². The Kier molecular flexibility index (Phi) is 9.10. The highest BCUT2D eigenvalue weighted by atomic mass is 32.2. The number of carbonyl (C=O) groups is 2. The van der Waals surface area contributed by atoms with Crippen molar-refractivity contribution in [1.29, 1.82) is 0 Å². The normalized spacial score (nSPS) is 12.0. The molecular weight excluding hydrogens is 486 g/mol. The molecule has 0 heterocycles. The van der Waals surface area contributed by atoms with Gasteiger partial charge in [-0.1, -0.05) is 60.2 Å². The highest BCUT2D eigenvalue weighted by Gasteiger charge is 2.33. The van der Waals surface area contributed by atoms with E-state index in [1.807, 2.05) is 51.1 Å². The first-order valence-corrected chi connectivity index (χ1v) is 13.8. The van der Waals surface area contributed by atoms with E-state index in [4.69, 9.17) is 0 Å². The van der Waals surface area contributed by atoms with Crippen molar-refractivity contribution in [2.24, 2.45) is 0 Å². The van der Waals surface area contributed by atoms with Gasteiger partial charge >= 0.3 is 0 Å². The van der Waals surface area contributed by atoms with E-state index in [1.54, 1.807) is 56.3 Å². The summed E-state index contributed by atoms with van der Waals surface area (Å²) in [5.41, 5.74) is 3.92. The summed E-state index contributed by atoms with van der Waals surface area (Å²) in [6.07, 6.45) is 0. The number of nitrogens with one attached hydrogen (secondary N) is 1. The topological polar surface area (TPSA) is 86.8 Å². The quantitative estimate of drug-likeness (QED) is 0.430. The fourth-order valence-electron chi connectivity index (χ4n) is 4.07.